The molecule has 1 aromatic heterocycles. The molecule has 2 aromatic rings. The number of fused-ring (bicyclic) bond motifs is 1. The van der Waals surface area contributed by atoms with Crippen molar-refractivity contribution in [2.24, 2.45) is 5.73 Å². The van der Waals surface area contributed by atoms with Crippen LogP contribution in [0.15, 0.2) is 64.4 Å². The Hall–Kier alpha value is -2.63. The summed E-state index contributed by atoms with van der Waals surface area (Å²) in [5.41, 5.74) is 8.45. The van der Waals surface area contributed by atoms with Crippen LogP contribution < -0.4 is 10.5 Å². The Morgan fingerprint density at radius 2 is 1.79 bits per heavy atom. The summed E-state index contributed by atoms with van der Waals surface area (Å²) in [5, 5.41) is 2.97. The number of ether oxygens (including phenoxy) is 1. The van der Waals surface area contributed by atoms with Gasteiger partial charge in [0.2, 0.25) is 0 Å². The Labute approximate surface area is 143 Å². The second-order valence-electron chi connectivity index (χ2n) is 5.34. The summed E-state index contributed by atoms with van der Waals surface area (Å²) in [7, 11) is 0. The van der Waals surface area contributed by atoms with Gasteiger partial charge in [0, 0.05) is 23.1 Å². The van der Waals surface area contributed by atoms with Gasteiger partial charge in [0.15, 0.2) is 5.76 Å². The van der Waals surface area contributed by atoms with Gasteiger partial charge in [0.1, 0.15) is 28.8 Å². The van der Waals surface area contributed by atoms with E-state index in [0.29, 0.717) is 13.2 Å². The fourth-order valence-electron chi connectivity index (χ4n) is 2.49. The minimum Gasteiger partial charge on any atom is -0.492 e. The maximum atomic E-state index is 5.91. The van der Waals surface area contributed by atoms with Gasteiger partial charge in [-0.1, -0.05) is 12.1 Å². The van der Waals surface area contributed by atoms with Crippen LogP contribution in [0, 0.1) is 0 Å². The molecule has 2 N–H and O–H groups in total. The number of hydrogen-bond donors (Lipinski definition) is 1. The molecule has 0 saturated carbocycles. The molecule has 2 aliphatic rings. The van der Waals surface area contributed by atoms with Crippen molar-refractivity contribution in [3.05, 3.63) is 60.0 Å². The van der Waals surface area contributed by atoms with Gasteiger partial charge in [0.05, 0.1) is 0 Å². The first-order chi connectivity index (χ1) is 11.8. The highest BCUT2D eigenvalue weighted by Gasteiger charge is 2.11. The highest BCUT2D eigenvalue weighted by atomic mass is 32.1. The molecule has 1 aliphatic heterocycles. The highest BCUT2D eigenvalue weighted by Crippen LogP contribution is 2.33. The van der Waals surface area contributed by atoms with Crippen molar-refractivity contribution >= 4 is 11.3 Å². The summed E-state index contributed by atoms with van der Waals surface area (Å²) < 4.78 is 11.4. The minimum atomic E-state index is 0.509. The maximum absolute atomic E-state index is 5.91. The standard InChI is InChI=1S/C19H16N2O2S/c20-10-11-22-15-7-4-14(5-8-15)19-21-16(12-24-19)18-9-6-13-2-1-3-17(13)23-18/h1-9,12H,10-11,20H2. The molecule has 0 unspecified atom stereocenters. The average molecular weight is 336 g/mol. The van der Waals surface area contributed by atoms with Gasteiger partial charge in [-0.25, -0.2) is 4.98 Å². The number of hydrogen-bond acceptors (Lipinski definition) is 5. The summed E-state index contributed by atoms with van der Waals surface area (Å²) in [5.74, 6) is 2.47. The topological polar surface area (TPSA) is 61.3 Å². The van der Waals surface area contributed by atoms with Crippen LogP contribution in [0.2, 0.25) is 0 Å². The largest absolute Gasteiger partial charge is 0.492 e. The van der Waals surface area contributed by atoms with E-state index in [1.165, 1.54) is 0 Å². The zero-order valence-electron chi connectivity index (χ0n) is 12.9. The van der Waals surface area contributed by atoms with Crippen LogP contribution in [0.5, 0.6) is 5.75 Å². The van der Waals surface area contributed by atoms with Crippen molar-refractivity contribution in [2.75, 3.05) is 13.2 Å². The van der Waals surface area contributed by atoms with Gasteiger partial charge in [-0.2, -0.15) is 0 Å². The Morgan fingerprint density at radius 1 is 0.958 bits per heavy atom. The van der Waals surface area contributed by atoms with E-state index in [1.807, 2.05) is 53.9 Å². The summed E-state index contributed by atoms with van der Waals surface area (Å²) in [6.45, 7) is 1.03. The lowest BCUT2D eigenvalue weighted by Gasteiger charge is -2.04. The molecule has 1 aliphatic carbocycles. The summed E-state index contributed by atoms with van der Waals surface area (Å²) in [6, 6.07) is 17.9. The fraction of sp³-hybridized carbons (Fsp3) is 0.105. The molecule has 0 radical (unpaired) electrons. The Kier molecular flexibility index (Phi) is 4.02. The van der Waals surface area contributed by atoms with Crippen LogP contribution in [0.4, 0.5) is 0 Å². The van der Waals surface area contributed by atoms with E-state index in [9.17, 15) is 0 Å². The van der Waals surface area contributed by atoms with E-state index in [2.05, 4.69) is 6.07 Å². The summed E-state index contributed by atoms with van der Waals surface area (Å²) >= 11 is 1.60. The first-order valence-corrected chi connectivity index (χ1v) is 8.59. The molecule has 4 rings (SSSR count). The average Bonchev–Trinajstić information content (AvgIpc) is 3.29. The molecule has 0 saturated heterocycles. The van der Waals surface area contributed by atoms with Crippen LogP contribution in [0.25, 0.3) is 33.3 Å². The third-order valence-electron chi connectivity index (χ3n) is 3.69. The van der Waals surface area contributed by atoms with Crippen molar-refractivity contribution in [3.63, 3.8) is 0 Å². The molecule has 120 valence electrons. The quantitative estimate of drug-likeness (QED) is 0.582. The van der Waals surface area contributed by atoms with E-state index < -0.39 is 0 Å². The SMILES string of the molecule is NCCOc1ccc(-c2nc(-c3ccc4cccc-4o3)cs2)cc1. The van der Waals surface area contributed by atoms with Gasteiger partial charge >= 0.3 is 0 Å². The molecule has 0 bridgehead atoms. The van der Waals surface area contributed by atoms with Gasteiger partial charge in [-0.15, -0.1) is 11.3 Å². The number of thiazole rings is 1. The number of aromatic nitrogens is 1. The molecular formula is C19H16N2O2S. The Balaban J connectivity index is 1.59. The molecule has 2 heterocycles. The van der Waals surface area contributed by atoms with Gasteiger partial charge in [-0.3, -0.25) is 0 Å². The van der Waals surface area contributed by atoms with Crippen molar-refractivity contribution in [3.8, 4) is 39.1 Å². The van der Waals surface area contributed by atoms with Gasteiger partial charge < -0.3 is 14.9 Å². The van der Waals surface area contributed by atoms with E-state index in [1.54, 1.807) is 11.3 Å². The van der Waals surface area contributed by atoms with Gasteiger partial charge in [-0.05, 0) is 42.5 Å². The van der Waals surface area contributed by atoms with Crippen LogP contribution in [0.3, 0.4) is 0 Å². The lowest BCUT2D eigenvalue weighted by atomic mass is 10.2. The zero-order chi connectivity index (χ0) is 16.4. The third kappa shape index (κ3) is 2.91. The molecule has 1 aromatic carbocycles. The van der Waals surface area contributed by atoms with Crippen molar-refractivity contribution in [1.82, 2.24) is 4.98 Å². The molecule has 0 atom stereocenters. The highest BCUT2D eigenvalue weighted by molar-refractivity contribution is 7.13. The number of rotatable bonds is 5. The molecule has 0 fully saturated rings. The number of benzene rings is 1. The van der Waals surface area contributed by atoms with E-state index in [0.717, 1.165) is 39.1 Å². The minimum absolute atomic E-state index is 0.509. The monoisotopic (exact) mass is 336 g/mol. The number of nitrogens with two attached hydrogens (primary N) is 1. The molecule has 24 heavy (non-hydrogen) atoms. The molecule has 0 amide bonds. The van der Waals surface area contributed by atoms with E-state index in [-0.39, 0.29) is 0 Å². The lowest BCUT2D eigenvalue weighted by molar-refractivity contribution is 0.328. The Bertz CT molecular complexity index is 911. The number of nitrogens with zero attached hydrogens (tertiary/aromatic N) is 1. The second-order valence-corrected chi connectivity index (χ2v) is 6.20. The third-order valence-corrected chi connectivity index (χ3v) is 4.58. The fourth-order valence-corrected chi connectivity index (χ4v) is 3.31. The van der Waals surface area contributed by atoms with Crippen LogP contribution in [0.1, 0.15) is 0 Å². The first-order valence-electron chi connectivity index (χ1n) is 7.71. The predicted octanol–water partition coefficient (Wildman–Crippen LogP) is 4.51. The summed E-state index contributed by atoms with van der Waals surface area (Å²) in [4.78, 5) is 4.70. The summed E-state index contributed by atoms with van der Waals surface area (Å²) in [6.07, 6.45) is 0. The second kappa shape index (κ2) is 6.47. The Morgan fingerprint density at radius 3 is 2.62 bits per heavy atom. The van der Waals surface area contributed by atoms with E-state index in [4.69, 9.17) is 19.9 Å². The van der Waals surface area contributed by atoms with Crippen molar-refractivity contribution < 1.29 is 9.15 Å². The molecular weight excluding hydrogens is 320 g/mol. The van der Waals surface area contributed by atoms with Crippen LogP contribution in [-0.4, -0.2) is 18.1 Å². The smallest absolute Gasteiger partial charge is 0.153 e. The first kappa shape index (κ1) is 14.9. The maximum Gasteiger partial charge on any atom is 0.153 e. The van der Waals surface area contributed by atoms with Crippen molar-refractivity contribution in [1.29, 1.82) is 0 Å². The van der Waals surface area contributed by atoms with Crippen LogP contribution in [-0.2, 0) is 0 Å². The molecule has 4 nitrogen and oxygen atoms in total. The lowest BCUT2D eigenvalue weighted by Crippen LogP contribution is -2.10. The normalized spacial score (nSPS) is 11.0. The van der Waals surface area contributed by atoms with Crippen molar-refractivity contribution in [2.45, 2.75) is 0 Å². The van der Waals surface area contributed by atoms with Crippen LogP contribution >= 0.6 is 11.3 Å². The van der Waals surface area contributed by atoms with Gasteiger partial charge in [0.25, 0.3) is 0 Å². The molecule has 0 spiro atoms. The zero-order valence-corrected chi connectivity index (χ0v) is 13.8. The van der Waals surface area contributed by atoms with E-state index >= 15 is 0 Å². The predicted molar refractivity (Wildman–Crippen MR) is 96.4 cm³/mol. The molecule has 5 heteroatoms.